The van der Waals surface area contributed by atoms with Crippen molar-refractivity contribution in [3.8, 4) is 0 Å². The zero-order valence-electron chi connectivity index (χ0n) is 10.7. The molecule has 6 heteroatoms. The summed E-state index contributed by atoms with van der Waals surface area (Å²) in [5, 5.41) is 10.6. The molecular weight excluding hydrogens is 232 g/mol. The molecule has 1 aromatic carbocycles. The van der Waals surface area contributed by atoms with E-state index in [1.807, 2.05) is 18.7 Å². The van der Waals surface area contributed by atoms with Crippen LogP contribution in [0.25, 0.3) is 0 Å². The fraction of sp³-hybridized carbons (Fsp3) is 0.417. The molecule has 1 aromatic rings. The summed E-state index contributed by atoms with van der Waals surface area (Å²) < 4.78 is 0. The fourth-order valence-electron chi connectivity index (χ4n) is 1.59. The Kier molecular flexibility index (Phi) is 5.10. The number of benzene rings is 1. The fourth-order valence-corrected chi connectivity index (χ4v) is 1.59. The summed E-state index contributed by atoms with van der Waals surface area (Å²) in [6.07, 6.45) is 0. The van der Waals surface area contributed by atoms with Gasteiger partial charge in [-0.25, -0.2) is 4.99 Å². The first kappa shape index (κ1) is 14.0. The molecule has 6 nitrogen and oxygen atoms in total. The van der Waals surface area contributed by atoms with E-state index in [4.69, 9.17) is 5.73 Å². The summed E-state index contributed by atoms with van der Waals surface area (Å²) in [5.74, 6) is 0.464. The second-order valence-electron chi connectivity index (χ2n) is 3.77. The van der Waals surface area contributed by atoms with Crippen molar-refractivity contribution >= 4 is 11.6 Å². The predicted octanol–water partition coefficient (Wildman–Crippen LogP) is 1.75. The lowest BCUT2D eigenvalue weighted by molar-refractivity contribution is -0.384. The van der Waals surface area contributed by atoms with E-state index < -0.39 is 4.92 Å². The predicted molar refractivity (Wildman–Crippen MR) is 71.3 cm³/mol. The second-order valence-corrected chi connectivity index (χ2v) is 3.77. The molecule has 0 aliphatic rings. The molecule has 0 unspecified atom stereocenters. The molecule has 0 saturated carbocycles. The maximum atomic E-state index is 10.6. The zero-order chi connectivity index (χ0) is 13.5. The van der Waals surface area contributed by atoms with Crippen LogP contribution in [0.5, 0.6) is 0 Å². The summed E-state index contributed by atoms with van der Waals surface area (Å²) >= 11 is 0. The molecule has 98 valence electrons. The number of nitrogens with two attached hydrogens (primary N) is 1. The van der Waals surface area contributed by atoms with Crippen LogP contribution in [0.15, 0.2) is 29.3 Å². The molecular formula is C12H18N4O2. The Morgan fingerprint density at radius 1 is 1.44 bits per heavy atom. The minimum Gasteiger partial charge on any atom is -0.370 e. The average Bonchev–Trinajstić information content (AvgIpc) is 2.38. The van der Waals surface area contributed by atoms with Gasteiger partial charge in [0.1, 0.15) is 0 Å². The van der Waals surface area contributed by atoms with Gasteiger partial charge in [-0.05, 0) is 19.4 Å². The zero-order valence-corrected chi connectivity index (χ0v) is 10.7. The van der Waals surface area contributed by atoms with Crippen molar-refractivity contribution in [3.63, 3.8) is 0 Å². The first-order valence-electron chi connectivity index (χ1n) is 5.86. The van der Waals surface area contributed by atoms with Gasteiger partial charge < -0.3 is 10.6 Å². The number of hydrogen-bond acceptors (Lipinski definition) is 3. The topological polar surface area (TPSA) is 84.8 Å². The van der Waals surface area contributed by atoms with Crippen molar-refractivity contribution in [1.82, 2.24) is 4.90 Å². The molecule has 0 aliphatic carbocycles. The van der Waals surface area contributed by atoms with E-state index >= 15 is 0 Å². The number of nitrogens with zero attached hydrogens (tertiary/aromatic N) is 3. The van der Waals surface area contributed by atoms with Gasteiger partial charge in [0, 0.05) is 25.2 Å². The first-order valence-corrected chi connectivity index (χ1v) is 5.86. The number of rotatable bonds is 5. The molecule has 0 amide bonds. The molecule has 0 bridgehead atoms. The molecule has 0 spiro atoms. The smallest absolute Gasteiger partial charge is 0.269 e. The van der Waals surface area contributed by atoms with Gasteiger partial charge in [0.2, 0.25) is 0 Å². The molecule has 0 heterocycles. The largest absolute Gasteiger partial charge is 0.370 e. The average molecular weight is 250 g/mol. The minimum atomic E-state index is -0.416. The number of guanidine groups is 1. The van der Waals surface area contributed by atoms with Crippen molar-refractivity contribution in [2.24, 2.45) is 10.7 Å². The molecule has 2 N–H and O–H groups in total. The van der Waals surface area contributed by atoms with E-state index in [1.54, 1.807) is 12.1 Å². The number of aliphatic imine (C=N–C) groups is 1. The number of hydrogen-bond donors (Lipinski definition) is 1. The highest BCUT2D eigenvalue weighted by Gasteiger charge is 2.06. The third-order valence-electron chi connectivity index (χ3n) is 2.63. The second kappa shape index (κ2) is 6.58. The number of non-ortho nitro benzene ring substituents is 1. The number of nitro benzene ring substituents is 1. The minimum absolute atomic E-state index is 0.0733. The van der Waals surface area contributed by atoms with Crippen LogP contribution >= 0.6 is 0 Å². The summed E-state index contributed by atoms with van der Waals surface area (Å²) in [7, 11) is 0. The lowest BCUT2D eigenvalue weighted by Gasteiger charge is -2.19. The van der Waals surface area contributed by atoms with Gasteiger partial charge in [-0.2, -0.15) is 0 Å². The van der Waals surface area contributed by atoms with Crippen molar-refractivity contribution in [1.29, 1.82) is 0 Å². The molecule has 0 atom stereocenters. The van der Waals surface area contributed by atoms with Crippen molar-refractivity contribution < 1.29 is 4.92 Å². The van der Waals surface area contributed by atoms with Crippen LogP contribution in [-0.4, -0.2) is 28.9 Å². The Labute approximate surface area is 106 Å². The van der Waals surface area contributed by atoms with E-state index in [1.165, 1.54) is 12.1 Å². The Balaban J connectivity index is 2.76. The molecule has 0 aliphatic heterocycles. The van der Waals surface area contributed by atoms with Crippen molar-refractivity contribution in [2.45, 2.75) is 20.4 Å². The molecule has 1 rings (SSSR count). The highest BCUT2D eigenvalue weighted by Crippen LogP contribution is 2.13. The van der Waals surface area contributed by atoms with Crippen LogP contribution in [0.3, 0.4) is 0 Å². The molecule has 0 aromatic heterocycles. The SMILES string of the molecule is CCN(CC)C(N)=NCc1cccc([N+](=O)[O-])c1. The Hall–Kier alpha value is -2.11. The Morgan fingerprint density at radius 2 is 2.11 bits per heavy atom. The quantitative estimate of drug-likeness (QED) is 0.373. The van der Waals surface area contributed by atoms with Crippen LogP contribution in [0.1, 0.15) is 19.4 Å². The van der Waals surface area contributed by atoms with Gasteiger partial charge >= 0.3 is 0 Å². The first-order chi connectivity index (χ1) is 8.58. The maximum absolute atomic E-state index is 10.6. The van der Waals surface area contributed by atoms with Crippen LogP contribution < -0.4 is 5.73 Å². The summed E-state index contributed by atoms with van der Waals surface area (Å²) in [5.41, 5.74) is 6.68. The van der Waals surface area contributed by atoms with Gasteiger partial charge in [0.15, 0.2) is 5.96 Å². The Morgan fingerprint density at radius 3 is 2.67 bits per heavy atom. The monoisotopic (exact) mass is 250 g/mol. The third-order valence-corrected chi connectivity index (χ3v) is 2.63. The summed E-state index contributed by atoms with van der Waals surface area (Å²) in [6.45, 7) is 5.93. The Bertz CT molecular complexity index is 441. The van der Waals surface area contributed by atoms with Crippen LogP contribution in [0.4, 0.5) is 5.69 Å². The van der Waals surface area contributed by atoms with Crippen molar-refractivity contribution in [2.75, 3.05) is 13.1 Å². The summed E-state index contributed by atoms with van der Waals surface area (Å²) in [6, 6.07) is 6.42. The van der Waals surface area contributed by atoms with Gasteiger partial charge in [0.25, 0.3) is 5.69 Å². The standard InChI is InChI=1S/C12H18N4O2/c1-3-15(4-2)12(13)14-9-10-6-5-7-11(8-10)16(17)18/h5-8H,3-4,9H2,1-2H3,(H2,13,14). The van der Waals surface area contributed by atoms with E-state index in [-0.39, 0.29) is 5.69 Å². The van der Waals surface area contributed by atoms with Crippen LogP contribution in [0.2, 0.25) is 0 Å². The molecule has 0 fully saturated rings. The molecule has 0 radical (unpaired) electrons. The van der Waals surface area contributed by atoms with Crippen LogP contribution in [-0.2, 0) is 6.54 Å². The lowest BCUT2D eigenvalue weighted by atomic mass is 10.2. The van der Waals surface area contributed by atoms with Gasteiger partial charge in [0.05, 0.1) is 11.5 Å². The van der Waals surface area contributed by atoms with Gasteiger partial charge in [-0.3, -0.25) is 10.1 Å². The highest BCUT2D eigenvalue weighted by atomic mass is 16.6. The number of nitro groups is 1. The van der Waals surface area contributed by atoms with Crippen molar-refractivity contribution in [3.05, 3.63) is 39.9 Å². The van der Waals surface area contributed by atoms with Gasteiger partial charge in [-0.15, -0.1) is 0 Å². The van der Waals surface area contributed by atoms with E-state index in [0.717, 1.165) is 18.7 Å². The van der Waals surface area contributed by atoms with E-state index in [2.05, 4.69) is 4.99 Å². The van der Waals surface area contributed by atoms with Crippen LogP contribution in [0, 0.1) is 10.1 Å². The maximum Gasteiger partial charge on any atom is 0.269 e. The summed E-state index contributed by atoms with van der Waals surface area (Å²) in [4.78, 5) is 16.4. The normalized spacial score (nSPS) is 11.3. The van der Waals surface area contributed by atoms with E-state index in [0.29, 0.717) is 12.5 Å². The third kappa shape index (κ3) is 3.73. The lowest BCUT2D eigenvalue weighted by Crippen LogP contribution is -2.37. The van der Waals surface area contributed by atoms with E-state index in [9.17, 15) is 10.1 Å². The highest BCUT2D eigenvalue weighted by molar-refractivity contribution is 5.78. The van der Waals surface area contributed by atoms with Gasteiger partial charge in [-0.1, -0.05) is 12.1 Å². The molecule has 0 saturated heterocycles. The molecule has 18 heavy (non-hydrogen) atoms.